The maximum absolute atomic E-state index is 13.6. The van der Waals surface area contributed by atoms with Crippen LogP contribution in [0.5, 0.6) is 0 Å². The first-order chi connectivity index (χ1) is 12.0. The van der Waals surface area contributed by atoms with E-state index in [4.69, 9.17) is 0 Å². The van der Waals surface area contributed by atoms with Gasteiger partial charge < -0.3 is 9.67 Å². The molecule has 1 unspecified atom stereocenters. The molecule has 0 aliphatic carbocycles. The molecule has 1 saturated heterocycles. The van der Waals surface area contributed by atoms with Crippen LogP contribution >= 0.6 is 0 Å². The normalized spacial score (nSPS) is 19.5. The van der Waals surface area contributed by atoms with Crippen LogP contribution in [-0.4, -0.2) is 46.2 Å². The Balaban J connectivity index is 1.59. The summed E-state index contributed by atoms with van der Waals surface area (Å²) in [5.41, 5.74) is 2.12. The molecule has 2 aromatic carbocycles. The molecule has 132 valence electrons. The quantitative estimate of drug-likeness (QED) is 0.778. The van der Waals surface area contributed by atoms with Crippen LogP contribution in [0.4, 0.5) is 8.78 Å². The lowest BCUT2D eigenvalue weighted by Gasteiger charge is -2.33. The van der Waals surface area contributed by atoms with Gasteiger partial charge in [-0.1, -0.05) is 36.4 Å². The van der Waals surface area contributed by atoms with Crippen LogP contribution in [-0.2, 0) is 6.54 Å². The van der Waals surface area contributed by atoms with Crippen molar-refractivity contribution in [3.63, 3.8) is 0 Å². The predicted octanol–water partition coefficient (Wildman–Crippen LogP) is 3.89. The molecule has 0 saturated carbocycles. The summed E-state index contributed by atoms with van der Waals surface area (Å²) in [6, 6.07) is 16.2. The topological polar surface area (TPSA) is 28.4 Å². The van der Waals surface area contributed by atoms with Gasteiger partial charge in [-0.05, 0) is 25.1 Å². The molecule has 5 heteroatoms. The molecule has 2 heterocycles. The highest BCUT2D eigenvalue weighted by Gasteiger charge is 2.35. The highest BCUT2D eigenvalue weighted by Crippen LogP contribution is 2.29. The minimum atomic E-state index is -2.63. The number of fused-ring (bicyclic) bond motifs is 3. The molecule has 0 radical (unpaired) electrons. The Morgan fingerprint density at radius 2 is 1.56 bits per heavy atom. The van der Waals surface area contributed by atoms with Crippen molar-refractivity contribution in [1.29, 1.82) is 0 Å². The van der Waals surface area contributed by atoms with E-state index in [1.54, 1.807) is 4.90 Å². The fourth-order valence-corrected chi connectivity index (χ4v) is 3.97. The third-order valence-corrected chi connectivity index (χ3v) is 5.01. The first kappa shape index (κ1) is 16.5. The lowest BCUT2D eigenvalue weighted by molar-refractivity contribution is -0.0722. The van der Waals surface area contributed by atoms with Crippen molar-refractivity contribution >= 4 is 21.8 Å². The molecular weight excluding hydrogens is 322 g/mol. The molecular formula is C20H22F2N2O. The van der Waals surface area contributed by atoms with Gasteiger partial charge in [0.1, 0.15) is 0 Å². The number of aromatic nitrogens is 1. The van der Waals surface area contributed by atoms with Gasteiger partial charge in [-0.15, -0.1) is 0 Å². The van der Waals surface area contributed by atoms with Gasteiger partial charge in [0.2, 0.25) is 0 Å². The molecule has 1 N–H and O–H groups in total. The van der Waals surface area contributed by atoms with Crippen molar-refractivity contribution in [2.75, 3.05) is 19.6 Å². The SMILES string of the molecule is OC(CN1CCCC(F)(F)C1)Cn1c2ccccc2c2ccccc21. The van der Waals surface area contributed by atoms with Crippen LogP contribution < -0.4 is 0 Å². The van der Waals surface area contributed by atoms with E-state index in [-0.39, 0.29) is 19.5 Å². The summed E-state index contributed by atoms with van der Waals surface area (Å²) in [5.74, 6) is -2.63. The lowest BCUT2D eigenvalue weighted by atomic mass is 10.1. The Hall–Kier alpha value is -1.98. The second-order valence-corrected chi connectivity index (χ2v) is 6.99. The molecule has 25 heavy (non-hydrogen) atoms. The van der Waals surface area contributed by atoms with Crippen LogP contribution in [0.1, 0.15) is 12.8 Å². The Bertz CT molecular complexity index is 836. The monoisotopic (exact) mass is 344 g/mol. The van der Waals surface area contributed by atoms with E-state index in [0.717, 1.165) is 21.8 Å². The molecule has 0 amide bonds. The Morgan fingerprint density at radius 1 is 0.960 bits per heavy atom. The van der Waals surface area contributed by atoms with Gasteiger partial charge in [-0.25, -0.2) is 8.78 Å². The third kappa shape index (κ3) is 3.26. The molecule has 1 aliphatic rings. The molecule has 3 nitrogen and oxygen atoms in total. The van der Waals surface area contributed by atoms with Gasteiger partial charge >= 0.3 is 0 Å². The Kier molecular flexibility index (Phi) is 4.21. The number of aliphatic hydroxyl groups is 1. The zero-order chi connectivity index (χ0) is 17.4. The fraction of sp³-hybridized carbons (Fsp3) is 0.400. The first-order valence-electron chi connectivity index (χ1n) is 8.78. The van der Waals surface area contributed by atoms with Crippen molar-refractivity contribution in [2.45, 2.75) is 31.4 Å². The van der Waals surface area contributed by atoms with Crippen molar-refractivity contribution in [1.82, 2.24) is 9.47 Å². The molecule has 3 aromatic rings. The number of piperidine rings is 1. The number of hydrogen-bond donors (Lipinski definition) is 1. The summed E-state index contributed by atoms with van der Waals surface area (Å²) in [4.78, 5) is 1.68. The van der Waals surface area contributed by atoms with Crippen molar-refractivity contribution < 1.29 is 13.9 Å². The van der Waals surface area contributed by atoms with E-state index in [0.29, 0.717) is 19.5 Å². The van der Waals surface area contributed by atoms with E-state index >= 15 is 0 Å². The van der Waals surface area contributed by atoms with Crippen LogP contribution in [0.25, 0.3) is 21.8 Å². The van der Waals surface area contributed by atoms with E-state index in [1.807, 2.05) is 36.4 Å². The number of alkyl halides is 2. The molecule has 0 bridgehead atoms. The van der Waals surface area contributed by atoms with E-state index in [9.17, 15) is 13.9 Å². The Labute approximate surface area is 145 Å². The van der Waals surface area contributed by atoms with Gasteiger partial charge in [-0.2, -0.15) is 0 Å². The highest BCUT2D eigenvalue weighted by molar-refractivity contribution is 6.07. The number of rotatable bonds is 4. The maximum Gasteiger partial charge on any atom is 0.260 e. The van der Waals surface area contributed by atoms with E-state index in [1.165, 1.54) is 0 Å². The summed E-state index contributed by atoms with van der Waals surface area (Å²) < 4.78 is 29.2. The molecule has 4 rings (SSSR count). The first-order valence-corrected chi connectivity index (χ1v) is 8.78. The summed E-state index contributed by atoms with van der Waals surface area (Å²) in [6.45, 7) is 1.05. The molecule has 1 atom stereocenters. The predicted molar refractivity (Wildman–Crippen MR) is 96.1 cm³/mol. The summed E-state index contributed by atoms with van der Waals surface area (Å²) in [6.07, 6.45) is -0.255. The molecule has 1 fully saturated rings. The van der Waals surface area contributed by atoms with Gasteiger partial charge in [-0.3, -0.25) is 4.90 Å². The average Bonchev–Trinajstić information content (AvgIpc) is 2.89. The zero-order valence-electron chi connectivity index (χ0n) is 14.0. The van der Waals surface area contributed by atoms with E-state index in [2.05, 4.69) is 16.7 Å². The number of benzene rings is 2. The van der Waals surface area contributed by atoms with Crippen LogP contribution in [0.2, 0.25) is 0 Å². The number of para-hydroxylation sites is 2. The second-order valence-electron chi connectivity index (χ2n) is 6.99. The number of hydrogen-bond acceptors (Lipinski definition) is 2. The van der Waals surface area contributed by atoms with Crippen molar-refractivity contribution in [3.8, 4) is 0 Å². The van der Waals surface area contributed by atoms with Crippen LogP contribution in [0.15, 0.2) is 48.5 Å². The van der Waals surface area contributed by atoms with Gasteiger partial charge in [0.15, 0.2) is 0 Å². The maximum atomic E-state index is 13.6. The Morgan fingerprint density at radius 3 is 2.16 bits per heavy atom. The van der Waals surface area contributed by atoms with Gasteiger partial charge in [0.05, 0.1) is 19.2 Å². The van der Waals surface area contributed by atoms with Crippen molar-refractivity contribution in [2.24, 2.45) is 0 Å². The van der Waals surface area contributed by atoms with Gasteiger partial charge in [0.25, 0.3) is 5.92 Å². The number of halogens is 2. The standard InChI is InChI=1S/C20H22F2N2O/c21-20(22)10-5-11-23(14-20)12-15(25)13-24-18-8-3-1-6-16(18)17-7-2-4-9-19(17)24/h1-4,6-9,15,25H,5,10-14H2. The largest absolute Gasteiger partial charge is 0.390 e. The van der Waals surface area contributed by atoms with Crippen molar-refractivity contribution in [3.05, 3.63) is 48.5 Å². The second kappa shape index (κ2) is 6.39. The number of β-amino-alcohol motifs (C(OH)–C–C–N with tert-alkyl or cyclic N) is 1. The van der Waals surface area contributed by atoms with Crippen LogP contribution in [0.3, 0.4) is 0 Å². The number of aliphatic hydroxyl groups excluding tert-OH is 1. The number of likely N-dealkylation sites (tertiary alicyclic amines) is 1. The van der Waals surface area contributed by atoms with Crippen LogP contribution in [0, 0.1) is 0 Å². The minimum absolute atomic E-state index is 0.0491. The fourth-order valence-electron chi connectivity index (χ4n) is 3.97. The molecule has 1 aromatic heterocycles. The molecule has 0 spiro atoms. The zero-order valence-corrected chi connectivity index (χ0v) is 14.0. The average molecular weight is 344 g/mol. The summed E-state index contributed by atoms with van der Waals surface area (Å²) in [5, 5.41) is 12.9. The van der Waals surface area contributed by atoms with Gasteiger partial charge in [0, 0.05) is 34.8 Å². The summed E-state index contributed by atoms with van der Waals surface area (Å²) >= 11 is 0. The summed E-state index contributed by atoms with van der Waals surface area (Å²) in [7, 11) is 0. The van der Waals surface area contributed by atoms with E-state index < -0.39 is 12.0 Å². The molecule has 1 aliphatic heterocycles. The smallest absolute Gasteiger partial charge is 0.260 e. The number of nitrogens with zero attached hydrogens (tertiary/aromatic N) is 2. The minimum Gasteiger partial charge on any atom is -0.390 e. The lowest BCUT2D eigenvalue weighted by Crippen LogP contribution is -2.46. The third-order valence-electron chi connectivity index (χ3n) is 5.01. The highest BCUT2D eigenvalue weighted by atomic mass is 19.3.